The third-order valence-electron chi connectivity index (χ3n) is 5.08. The SMILES string of the molecule is NCc1cc(F)c(OCC2CCC(c3cc(F)c(F)c(F)c3)CC2)c(F)c1. The van der Waals surface area contributed by atoms with Crippen LogP contribution in [0.25, 0.3) is 0 Å². The van der Waals surface area contributed by atoms with E-state index in [1.54, 1.807) is 0 Å². The van der Waals surface area contributed by atoms with Gasteiger partial charge in [0.25, 0.3) is 0 Å². The molecular formula is C20H20F5NO. The first-order chi connectivity index (χ1) is 12.9. The van der Waals surface area contributed by atoms with Gasteiger partial charge < -0.3 is 10.5 Å². The zero-order valence-electron chi connectivity index (χ0n) is 14.6. The van der Waals surface area contributed by atoms with Crippen molar-refractivity contribution in [1.29, 1.82) is 0 Å². The minimum Gasteiger partial charge on any atom is -0.487 e. The lowest BCUT2D eigenvalue weighted by molar-refractivity contribution is 0.187. The van der Waals surface area contributed by atoms with Crippen molar-refractivity contribution in [2.75, 3.05) is 6.61 Å². The fraction of sp³-hybridized carbons (Fsp3) is 0.400. The Morgan fingerprint density at radius 3 is 1.89 bits per heavy atom. The third kappa shape index (κ3) is 4.40. The Hall–Kier alpha value is -2.15. The second-order valence-corrected chi connectivity index (χ2v) is 6.92. The lowest BCUT2D eigenvalue weighted by atomic mass is 9.79. The molecule has 3 rings (SSSR count). The van der Waals surface area contributed by atoms with E-state index in [9.17, 15) is 22.0 Å². The summed E-state index contributed by atoms with van der Waals surface area (Å²) < 4.78 is 73.1. The van der Waals surface area contributed by atoms with Crippen molar-refractivity contribution in [1.82, 2.24) is 0 Å². The molecule has 0 radical (unpaired) electrons. The molecule has 2 aromatic rings. The molecule has 1 aliphatic rings. The smallest absolute Gasteiger partial charge is 0.194 e. The van der Waals surface area contributed by atoms with Crippen molar-refractivity contribution >= 4 is 0 Å². The van der Waals surface area contributed by atoms with Crippen LogP contribution in [0.1, 0.15) is 42.7 Å². The molecule has 0 amide bonds. The van der Waals surface area contributed by atoms with E-state index in [1.807, 2.05) is 0 Å². The number of halogens is 5. The molecular weight excluding hydrogens is 365 g/mol. The van der Waals surface area contributed by atoms with Gasteiger partial charge in [-0.25, -0.2) is 22.0 Å². The molecule has 0 atom stereocenters. The van der Waals surface area contributed by atoms with E-state index in [2.05, 4.69) is 0 Å². The highest BCUT2D eigenvalue weighted by Crippen LogP contribution is 2.37. The lowest BCUT2D eigenvalue weighted by Gasteiger charge is -2.29. The van der Waals surface area contributed by atoms with Gasteiger partial charge in [0, 0.05) is 6.54 Å². The monoisotopic (exact) mass is 385 g/mol. The van der Waals surface area contributed by atoms with Crippen LogP contribution in [0.2, 0.25) is 0 Å². The van der Waals surface area contributed by atoms with E-state index in [0.29, 0.717) is 36.8 Å². The summed E-state index contributed by atoms with van der Waals surface area (Å²) in [4.78, 5) is 0. The summed E-state index contributed by atoms with van der Waals surface area (Å²) in [5.74, 6) is -5.86. The van der Waals surface area contributed by atoms with Crippen LogP contribution in [0.5, 0.6) is 5.75 Å². The lowest BCUT2D eigenvalue weighted by Crippen LogP contribution is -2.20. The largest absolute Gasteiger partial charge is 0.487 e. The van der Waals surface area contributed by atoms with Crippen molar-refractivity contribution in [3.8, 4) is 5.75 Å². The van der Waals surface area contributed by atoms with Crippen LogP contribution in [0.4, 0.5) is 22.0 Å². The number of benzene rings is 2. The normalized spacial score (nSPS) is 19.9. The van der Waals surface area contributed by atoms with Crippen LogP contribution >= 0.6 is 0 Å². The molecule has 7 heteroatoms. The molecule has 0 spiro atoms. The molecule has 2 N–H and O–H groups in total. The van der Waals surface area contributed by atoms with Crippen LogP contribution in [0, 0.1) is 35.0 Å². The Balaban J connectivity index is 1.58. The molecule has 146 valence electrons. The van der Waals surface area contributed by atoms with E-state index in [0.717, 1.165) is 24.3 Å². The summed E-state index contributed by atoms with van der Waals surface area (Å²) in [7, 11) is 0. The summed E-state index contributed by atoms with van der Waals surface area (Å²) >= 11 is 0. The predicted octanol–water partition coefficient (Wildman–Crippen LogP) is 5.19. The molecule has 1 saturated carbocycles. The number of rotatable bonds is 5. The highest BCUT2D eigenvalue weighted by molar-refractivity contribution is 5.31. The highest BCUT2D eigenvalue weighted by Gasteiger charge is 2.25. The number of nitrogens with two attached hydrogens (primary N) is 1. The van der Waals surface area contributed by atoms with Crippen LogP contribution in [-0.4, -0.2) is 6.61 Å². The molecule has 0 aliphatic heterocycles. The quantitative estimate of drug-likeness (QED) is 0.568. The van der Waals surface area contributed by atoms with Crippen LogP contribution in [0.3, 0.4) is 0 Å². The maximum atomic E-state index is 13.9. The van der Waals surface area contributed by atoms with Crippen molar-refractivity contribution < 1.29 is 26.7 Å². The minimum atomic E-state index is -1.47. The van der Waals surface area contributed by atoms with E-state index in [-0.39, 0.29) is 25.0 Å². The highest BCUT2D eigenvalue weighted by atomic mass is 19.2. The third-order valence-corrected chi connectivity index (χ3v) is 5.08. The Morgan fingerprint density at radius 1 is 0.815 bits per heavy atom. The first kappa shape index (κ1) is 19.6. The molecule has 2 aromatic carbocycles. The van der Waals surface area contributed by atoms with E-state index in [4.69, 9.17) is 10.5 Å². The van der Waals surface area contributed by atoms with Gasteiger partial charge in [0.2, 0.25) is 0 Å². The van der Waals surface area contributed by atoms with E-state index in [1.165, 1.54) is 0 Å². The van der Waals surface area contributed by atoms with Crippen LogP contribution < -0.4 is 10.5 Å². The molecule has 27 heavy (non-hydrogen) atoms. The maximum Gasteiger partial charge on any atom is 0.194 e. The van der Waals surface area contributed by atoms with Gasteiger partial charge in [-0.05, 0) is 72.9 Å². The van der Waals surface area contributed by atoms with Crippen molar-refractivity contribution in [3.63, 3.8) is 0 Å². The Kier molecular flexibility index (Phi) is 5.99. The second-order valence-electron chi connectivity index (χ2n) is 6.92. The first-order valence-electron chi connectivity index (χ1n) is 8.84. The molecule has 0 unspecified atom stereocenters. The molecule has 0 saturated heterocycles. The van der Waals surface area contributed by atoms with Gasteiger partial charge in [0.1, 0.15) is 0 Å². The topological polar surface area (TPSA) is 35.2 Å². The Labute approximate surface area is 154 Å². The minimum absolute atomic E-state index is 0.0305. The summed E-state index contributed by atoms with van der Waals surface area (Å²) in [5.41, 5.74) is 6.15. The van der Waals surface area contributed by atoms with Crippen molar-refractivity contribution in [2.45, 2.75) is 38.1 Å². The van der Waals surface area contributed by atoms with Gasteiger partial charge in [-0.2, -0.15) is 0 Å². The van der Waals surface area contributed by atoms with E-state index < -0.39 is 34.8 Å². The number of ether oxygens (including phenoxy) is 1. The Morgan fingerprint density at radius 2 is 1.37 bits per heavy atom. The average molecular weight is 385 g/mol. The number of hydrogen-bond acceptors (Lipinski definition) is 2. The molecule has 0 aromatic heterocycles. The van der Waals surface area contributed by atoms with Gasteiger partial charge >= 0.3 is 0 Å². The maximum absolute atomic E-state index is 13.9. The molecule has 1 aliphatic carbocycles. The molecule has 0 bridgehead atoms. The van der Waals surface area contributed by atoms with Crippen LogP contribution in [0.15, 0.2) is 24.3 Å². The summed E-state index contributed by atoms with van der Waals surface area (Å²) in [6, 6.07) is 4.35. The van der Waals surface area contributed by atoms with Gasteiger partial charge in [0.05, 0.1) is 6.61 Å². The van der Waals surface area contributed by atoms with Crippen molar-refractivity contribution in [2.24, 2.45) is 11.7 Å². The summed E-state index contributed by atoms with van der Waals surface area (Å²) in [5, 5.41) is 0. The number of hydrogen-bond donors (Lipinski definition) is 1. The van der Waals surface area contributed by atoms with Crippen LogP contribution in [-0.2, 0) is 6.54 Å². The fourth-order valence-electron chi connectivity index (χ4n) is 3.54. The standard InChI is InChI=1S/C20H20F5NO/c21-15-7-14(8-16(22)19(15)25)13-3-1-11(2-4-13)10-27-20-17(23)5-12(9-26)6-18(20)24/h5-8,11,13H,1-4,9-10,26H2. The fourth-order valence-corrected chi connectivity index (χ4v) is 3.54. The first-order valence-corrected chi connectivity index (χ1v) is 8.84. The summed E-state index contributed by atoms with van der Waals surface area (Å²) in [6.45, 7) is 0.178. The van der Waals surface area contributed by atoms with Gasteiger partial charge in [0.15, 0.2) is 34.8 Å². The molecule has 2 nitrogen and oxygen atoms in total. The molecule has 1 fully saturated rings. The average Bonchev–Trinajstić information content (AvgIpc) is 2.65. The predicted molar refractivity (Wildman–Crippen MR) is 90.8 cm³/mol. The zero-order valence-corrected chi connectivity index (χ0v) is 14.6. The summed E-state index contributed by atoms with van der Waals surface area (Å²) in [6.07, 6.45) is 2.62. The molecule has 0 heterocycles. The van der Waals surface area contributed by atoms with Gasteiger partial charge in [-0.3, -0.25) is 0 Å². The van der Waals surface area contributed by atoms with Crippen molar-refractivity contribution in [3.05, 3.63) is 64.5 Å². The van der Waals surface area contributed by atoms with Gasteiger partial charge in [-0.15, -0.1) is 0 Å². The second kappa shape index (κ2) is 8.25. The Bertz CT molecular complexity index is 772. The zero-order chi connectivity index (χ0) is 19.6. The van der Waals surface area contributed by atoms with E-state index >= 15 is 0 Å². The van der Waals surface area contributed by atoms with Gasteiger partial charge in [-0.1, -0.05) is 0 Å².